The molecule has 0 saturated carbocycles. The molecule has 25 heavy (non-hydrogen) atoms. The number of pyridine rings is 1. The topological polar surface area (TPSA) is 74.3 Å². The third-order valence-electron chi connectivity index (χ3n) is 4.03. The molecule has 132 valence electrons. The molecular formula is C19H24N4O2. The highest BCUT2D eigenvalue weighted by atomic mass is 16.2. The fourth-order valence-electron chi connectivity index (χ4n) is 2.48. The van der Waals surface area contributed by atoms with Gasteiger partial charge in [0, 0.05) is 38.6 Å². The van der Waals surface area contributed by atoms with Gasteiger partial charge in [0.05, 0.1) is 6.04 Å². The minimum absolute atomic E-state index is 0.0250. The third kappa shape index (κ3) is 5.31. The van der Waals surface area contributed by atoms with Crippen molar-refractivity contribution >= 4 is 17.6 Å². The third-order valence-corrected chi connectivity index (χ3v) is 4.03. The Morgan fingerprint density at radius 3 is 2.48 bits per heavy atom. The van der Waals surface area contributed by atoms with E-state index in [0.717, 1.165) is 17.5 Å². The van der Waals surface area contributed by atoms with Gasteiger partial charge < -0.3 is 15.5 Å². The van der Waals surface area contributed by atoms with Gasteiger partial charge in [0.2, 0.25) is 5.91 Å². The molecule has 3 amide bonds. The van der Waals surface area contributed by atoms with E-state index in [2.05, 4.69) is 15.6 Å². The summed E-state index contributed by atoms with van der Waals surface area (Å²) < 4.78 is 0. The summed E-state index contributed by atoms with van der Waals surface area (Å²) in [6, 6.07) is 10.9. The second-order valence-corrected chi connectivity index (χ2v) is 5.87. The predicted molar refractivity (Wildman–Crippen MR) is 98.0 cm³/mol. The molecule has 1 atom stereocenters. The Kier molecular flexibility index (Phi) is 6.51. The zero-order chi connectivity index (χ0) is 18.2. The first-order valence-corrected chi connectivity index (χ1v) is 8.28. The lowest BCUT2D eigenvalue weighted by Gasteiger charge is -2.20. The minimum atomic E-state index is -0.276. The molecule has 0 aliphatic heterocycles. The second-order valence-electron chi connectivity index (χ2n) is 5.87. The molecule has 6 heteroatoms. The van der Waals surface area contributed by atoms with Crippen LogP contribution < -0.4 is 10.6 Å². The highest BCUT2D eigenvalue weighted by Crippen LogP contribution is 2.19. The molecule has 0 fully saturated rings. The van der Waals surface area contributed by atoms with E-state index in [0.29, 0.717) is 12.2 Å². The van der Waals surface area contributed by atoms with Crippen molar-refractivity contribution < 1.29 is 9.59 Å². The van der Waals surface area contributed by atoms with E-state index in [1.54, 1.807) is 24.3 Å². The van der Waals surface area contributed by atoms with Crippen LogP contribution in [0, 0.1) is 0 Å². The smallest absolute Gasteiger partial charge is 0.319 e. The Balaban J connectivity index is 2.06. The highest BCUT2D eigenvalue weighted by Gasteiger charge is 2.14. The number of amides is 3. The summed E-state index contributed by atoms with van der Waals surface area (Å²) in [6.07, 6.45) is 4.20. The van der Waals surface area contributed by atoms with Crippen LogP contribution in [0.5, 0.6) is 0 Å². The number of aromatic nitrogens is 1. The summed E-state index contributed by atoms with van der Waals surface area (Å²) in [7, 11) is 1.73. The van der Waals surface area contributed by atoms with Gasteiger partial charge in [0.25, 0.3) is 0 Å². The number of benzene rings is 1. The van der Waals surface area contributed by atoms with E-state index >= 15 is 0 Å². The Labute approximate surface area is 148 Å². The molecule has 0 saturated heterocycles. The number of carbonyl (C=O) groups excluding carboxylic acids is 2. The van der Waals surface area contributed by atoms with Gasteiger partial charge in [0.1, 0.15) is 0 Å². The van der Waals surface area contributed by atoms with E-state index in [4.69, 9.17) is 0 Å². The van der Waals surface area contributed by atoms with Crippen molar-refractivity contribution in [1.82, 2.24) is 15.2 Å². The van der Waals surface area contributed by atoms with Crippen LogP contribution in [0.25, 0.3) is 0 Å². The fourth-order valence-corrected chi connectivity index (χ4v) is 2.48. The zero-order valence-electron chi connectivity index (χ0n) is 14.8. The number of urea groups is 1. The molecule has 2 aromatic rings. The number of hydrogen-bond donors (Lipinski definition) is 2. The lowest BCUT2D eigenvalue weighted by Crippen LogP contribution is -2.33. The van der Waals surface area contributed by atoms with E-state index in [9.17, 15) is 9.59 Å². The normalized spacial score (nSPS) is 11.5. The van der Waals surface area contributed by atoms with Crippen molar-refractivity contribution in [2.45, 2.75) is 32.9 Å². The average molecular weight is 340 g/mol. The highest BCUT2D eigenvalue weighted by molar-refractivity contribution is 5.90. The molecule has 0 aliphatic carbocycles. The standard InChI is InChI=1S/C19H24N4O2/c1-4-17(15-9-11-20-12-10-15)21-19(25)22-18-8-6-5-7-16(18)13-23(3)14(2)24/h5-12,17H,4,13H2,1-3H3,(H2,21,22,25)/t17-/m0/s1. The van der Waals surface area contributed by atoms with Crippen molar-refractivity contribution in [3.8, 4) is 0 Å². The molecule has 1 heterocycles. The maximum absolute atomic E-state index is 12.4. The number of carbonyl (C=O) groups is 2. The predicted octanol–water partition coefficient (Wildman–Crippen LogP) is 3.33. The summed E-state index contributed by atoms with van der Waals surface area (Å²) in [5, 5.41) is 5.86. The maximum atomic E-state index is 12.4. The van der Waals surface area contributed by atoms with Gasteiger partial charge >= 0.3 is 6.03 Å². The molecule has 0 radical (unpaired) electrons. The number of nitrogens with one attached hydrogen (secondary N) is 2. The van der Waals surface area contributed by atoms with Gasteiger partial charge in [-0.1, -0.05) is 25.1 Å². The summed E-state index contributed by atoms with van der Waals surface area (Å²) in [4.78, 5) is 29.5. The van der Waals surface area contributed by atoms with Gasteiger partial charge in [-0.25, -0.2) is 4.79 Å². The van der Waals surface area contributed by atoms with Crippen molar-refractivity contribution in [2.75, 3.05) is 12.4 Å². The number of anilines is 1. The Hall–Kier alpha value is -2.89. The first kappa shape index (κ1) is 18.4. The van der Waals surface area contributed by atoms with E-state index in [-0.39, 0.29) is 18.0 Å². The number of rotatable bonds is 6. The molecule has 2 rings (SSSR count). The Bertz CT molecular complexity index is 718. The van der Waals surface area contributed by atoms with E-state index in [1.807, 2.05) is 43.3 Å². The molecule has 0 unspecified atom stereocenters. The summed E-state index contributed by atoms with van der Waals surface area (Å²) in [5.41, 5.74) is 2.59. The SMILES string of the molecule is CC[C@H](NC(=O)Nc1ccccc1CN(C)C(C)=O)c1ccncc1. The van der Waals surface area contributed by atoms with Crippen LogP contribution in [0.3, 0.4) is 0 Å². The van der Waals surface area contributed by atoms with Crippen molar-refractivity contribution in [2.24, 2.45) is 0 Å². The Morgan fingerprint density at radius 2 is 1.84 bits per heavy atom. The first-order valence-electron chi connectivity index (χ1n) is 8.28. The zero-order valence-corrected chi connectivity index (χ0v) is 14.8. The number of nitrogens with zero attached hydrogens (tertiary/aromatic N) is 2. The molecule has 0 spiro atoms. The summed E-state index contributed by atoms with van der Waals surface area (Å²) >= 11 is 0. The average Bonchev–Trinajstić information content (AvgIpc) is 2.62. The lowest BCUT2D eigenvalue weighted by molar-refractivity contribution is -0.128. The number of para-hydroxylation sites is 1. The molecular weight excluding hydrogens is 316 g/mol. The largest absolute Gasteiger partial charge is 0.342 e. The fraction of sp³-hybridized carbons (Fsp3) is 0.316. The van der Waals surface area contributed by atoms with Crippen LogP contribution in [-0.2, 0) is 11.3 Å². The van der Waals surface area contributed by atoms with Gasteiger partial charge in [-0.3, -0.25) is 9.78 Å². The van der Waals surface area contributed by atoms with E-state index in [1.165, 1.54) is 6.92 Å². The van der Waals surface area contributed by atoms with Crippen LogP contribution in [-0.4, -0.2) is 28.9 Å². The van der Waals surface area contributed by atoms with Crippen molar-refractivity contribution in [3.63, 3.8) is 0 Å². The molecule has 1 aromatic heterocycles. The quantitative estimate of drug-likeness (QED) is 0.847. The van der Waals surface area contributed by atoms with Crippen LogP contribution >= 0.6 is 0 Å². The Morgan fingerprint density at radius 1 is 1.16 bits per heavy atom. The van der Waals surface area contributed by atoms with E-state index < -0.39 is 0 Å². The van der Waals surface area contributed by atoms with Gasteiger partial charge in [-0.15, -0.1) is 0 Å². The van der Waals surface area contributed by atoms with Crippen LogP contribution in [0.4, 0.5) is 10.5 Å². The van der Waals surface area contributed by atoms with Gasteiger partial charge in [-0.05, 0) is 35.7 Å². The summed E-state index contributed by atoms with van der Waals surface area (Å²) in [5.74, 6) is -0.0250. The molecule has 1 aromatic carbocycles. The van der Waals surface area contributed by atoms with Crippen molar-refractivity contribution in [1.29, 1.82) is 0 Å². The molecule has 0 aliphatic rings. The van der Waals surface area contributed by atoms with Crippen molar-refractivity contribution in [3.05, 3.63) is 59.9 Å². The monoisotopic (exact) mass is 340 g/mol. The van der Waals surface area contributed by atoms with Gasteiger partial charge in [-0.2, -0.15) is 0 Å². The molecule has 2 N–H and O–H groups in total. The minimum Gasteiger partial charge on any atom is -0.342 e. The van der Waals surface area contributed by atoms with Crippen LogP contribution in [0.15, 0.2) is 48.8 Å². The second kappa shape index (κ2) is 8.82. The lowest BCUT2D eigenvalue weighted by atomic mass is 10.1. The number of hydrogen-bond acceptors (Lipinski definition) is 3. The van der Waals surface area contributed by atoms with Gasteiger partial charge in [0.15, 0.2) is 0 Å². The van der Waals surface area contributed by atoms with Crippen LogP contribution in [0.1, 0.15) is 37.4 Å². The molecule has 6 nitrogen and oxygen atoms in total. The molecule has 0 bridgehead atoms. The maximum Gasteiger partial charge on any atom is 0.319 e. The van der Waals surface area contributed by atoms with Crippen LogP contribution in [0.2, 0.25) is 0 Å². The first-order chi connectivity index (χ1) is 12.0. The summed E-state index contributed by atoms with van der Waals surface area (Å²) in [6.45, 7) is 3.97.